The number of aryl methyl sites for hydroxylation is 2. The predicted octanol–water partition coefficient (Wildman–Crippen LogP) is 4.21. The van der Waals surface area contributed by atoms with Gasteiger partial charge < -0.3 is 0 Å². The van der Waals surface area contributed by atoms with E-state index in [-0.39, 0.29) is 5.54 Å². The minimum Gasteiger partial charge on any atom is -0.300 e. The van der Waals surface area contributed by atoms with Gasteiger partial charge in [0.25, 0.3) is 0 Å². The molecule has 0 heterocycles. The van der Waals surface area contributed by atoms with Crippen LogP contribution >= 0.6 is 11.8 Å². The van der Waals surface area contributed by atoms with Gasteiger partial charge in [0.1, 0.15) is 5.54 Å². The van der Waals surface area contributed by atoms with E-state index in [1.807, 2.05) is 25.6 Å². The van der Waals surface area contributed by atoms with Crippen LogP contribution in [0.1, 0.15) is 43.4 Å². The average molecular weight is 290 g/mol. The first kappa shape index (κ1) is 17.1. The molecule has 0 aliphatic carbocycles. The highest BCUT2D eigenvalue weighted by molar-refractivity contribution is 7.98. The fourth-order valence-corrected chi connectivity index (χ4v) is 3.34. The molecule has 1 aromatic rings. The summed E-state index contributed by atoms with van der Waals surface area (Å²) < 4.78 is 0. The van der Waals surface area contributed by atoms with Crippen molar-refractivity contribution in [3.05, 3.63) is 34.9 Å². The topological polar surface area (TPSA) is 35.8 Å². The summed E-state index contributed by atoms with van der Waals surface area (Å²) in [6.45, 7) is 9.18. The number of hydrogen-bond donors (Lipinski definition) is 1. The molecule has 0 saturated carbocycles. The molecule has 3 heteroatoms. The summed E-state index contributed by atoms with van der Waals surface area (Å²) in [6, 6.07) is 9.12. The smallest absolute Gasteiger partial charge is 0.103 e. The van der Waals surface area contributed by atoms with Crippen LogP contribution in [0.15, 0.2) is 18.2 Å². The van der Waals surface area contributed by atoms with Crippen LogP contribution < -0.4 is 5.32 Å². The second kappa shape index (κ2) is 8.34. The van der Waals surface area contributed by atoms with Crippen LogP contribution in [-0.2, 0) is 5.75 Å². The molecule has 110 valence electrons. The molecule has 0 amide bonds. The lowest BCUT2D eigenvalue weighted by atomic mass is 9.98. The van der Waals surface area contributed by atoms with Crippen molar-refractivity contribution in [2.45, 2.75) is 51.8 Å². The molecule has 1 aromatic carbocycles. The van der Waals surface area contributed by atoms with Crippen LogP contribution in [0.3, 0.4) is 0 Å². The highest BCUT2D eigenvalue weighted by Gasteiger charge is 2.21. The fraction of sp³-hybridized carbons (Fsp3) is 0.588. The van der Waals surface area contributed by atoms with Gasteiger partial charge in [0.2, 0.25) is 0 Å². The van der Waals surface area contributed by atoms with E-state index in [2.05, 4.69) is 43.4 Å². The van der Waals surface area contributed by atoms with Gasteiger partial charge in [-0.3, -0.25) is 5.32 Å². The van der Waals surface area contributed by atoms with Crippen LogP contribution in [0.5, 0.6) is 0 Å². The normalized spacial score (nSPS) is 13.8. The van der Waals surface area contributed by atoms with Gasteiger partial charge in [-0.05, 0) is 51.5 Å². The number of nitrogens with zero attached hydrogens (tertiary/aromatic N) is 1. The van der Waals surface area contributed by atoms with E-state index < -0.39 is 0 Å². The molecule has 0 fully saturated rings. The zero-order chi connectivity index (χ0) is 15.0. The van der Waals surface area contributed by atoms with E-state index in [4.69, 9.17) is 0 Å². The van der Waals surface area contributed by atoms with E-state index in [1.54, 1.807) is 0 Å². The third kappa shape index (κ3) is 5.98. The molecule has 1 atom stereocenters. The number of rotatable bonds is 8. The van der Waals surface area contributed by atoms with Gasteiger partial charge in [-0.1, -0.05) is 36.2 Å². The zero-order valence-corrected chi connectivity index (χ0v) is 13.9. The average Bonchev–Trinajstić information content (AvgIpc) is 2.37. The second-order valence-corrected chi connectivity index (χ2v) is 6.73. The first-order valence-electron chi connectivity index (χ1n) is 7.30. The van der Waals surface area contributed by atoms with Crippen molar-refractivity contribution in [3.8, 4) is 6.07 Å². The first-order valence-corrected chi connectivity index (χ1v) is 8.46. The van der Waals surface area contributed by atoms with Gasteiger partial charge in [-0.2, -0.15) is 17.0 Å². The van der Waals surface area contributed by atoms with Gasteiger partial charge in [-0.15, -0.1) is 0 Å². The van der Waals surface area contributed by atoms with Crippen molar-refractivity contribution in [3.63, 3.8) is 0 Å². The van der Waals surface area contributed by atoms with E-state index in [1.165, 1.54) is 16.7 Å². The van der Waals surface area contributed by atoms with E-state index in [0.29, 0.717) is 0 Å². The minimum atomic E-state index is -0.366. The van der Waals surface area contributed by atoms with Gasteiger partial charge in [-0.25, -0.2) is 0 Å². The Bertz CT molecular complexity index is 444. The maximum absolute atomic E-state index is 9.19. The molecule has 0 aromatic heterocycles. The lowest BCUT2D eigenvalue weighted by Crippen LogP contribution is -2.40. The Hall–Kier alpha value is -0.980. The summed E-state index contributed by atoms with van der Waals surface area (Å²) in [5, 5.41) is 12.5. The Labute approximate surface area is 128 Å². The highest BCUT2D eigenvalue weighted by atomic mass is 32.2. The Balaban J connectivity index is 2.30. The summed E-state index contributed by atoms with van der Waals surface area (Å²) in [6.07, 6.45) is 1.99. The summed E-state index contributed by atoms with van der Waals surface area (Å²) in [7, 11) is 0. The molecule has 0 aliphatic heterocycles. The summed E-state index contributed by atoms with van der Waals surface area (Å²) in [4.78, 5) is 0. The molecule has 2 nitrogen and oxygen atoms in total. The molecule has 0 aliphatic rings. The van der Waals surface area contributed by atoms with Crippen LogP contribution in [-0.4, -0.2) is 17.8 Å². The van der Waals surface area contributed by atoms with Crippen molar-refractivity contribution in [2.75, 3.05) is 12.3 Å². The number of hydrogen-bond acceptors (Lipinski definition) is 3. The second-order valence-electron chi connectivity index (χ2n) is 5.63. The number of benzene rings is 1. The van der Waals surface area contributed by atoms with Crippen LogP contribution in [0.4, 0.5) is 0 Å². The third-order valence-corrected chi connectivity index (χ3v) is 4.44. The van der Waals surface area contributed by atoms with Gasteiger partial charge in [0.15, 0.2) is 0 Å². The lowest BCUT2D eigenvalue weighted by molar-refractivity contribution is 0.426. The predicted molar refractivity (Wildman–Crippen MR) is 89.0 cm³/mol. The maximum atomic E-state index is 9.19. The van der Waals surface area contributed by atoms with Gasteiger partial charge in [0.05, 0.1) is 6.07 Å². The Morgan fingerprint density at radius 1 is 1.25 bits per heavy atom. The monoisotopic (exact) mass is 290 g/mol. The summed E-state index contributed by atoms with van der Waals surface area (Å²) in [5.74, 6) is 2.17. The molecule has 1 unspecified atom stereocenters. The Morgan fingerprint density at radius 2 is 1.90 bits per heavy atom. The summed E-state index contributed by atoms with van der Waals surface area (Å²) in [5.41, 5.74) is 3.71. The molecule has 1 N–H and O–H groups in total. The molecular formula is C17H26N2S. The molecule has 1 rings (SSSR count). The fourth-order valence-electron chi connectivity index (χ4n) is 2.44. The van der Waals surface area contributed by atoms with Crippen LogP contribution in [0.25, 0.3) is 0 Å². The Kier molecular flexibility index (Phi) is 7.12. The van der Waals surface area contributed by atoms with Crippen molar-refractivity contribution in [2.24, 2.45) is 0 Å². The van der Waals surface area contributed by atoms with Crippen molar-refractivity contribution < 1.29 is 0 Å². The number of nitriles is 1. The van der Waals surface area contributed by atoms with E-state index in [9.17, 15) is 5.26 Å². The van der Waals surface area contributed by atoms with E-state index in [0.717, 1.165) is 30.9 Å². The third-order valence-electron chi connectivity index (χ3n) is 3.33. The molecule has 0 spiro atoms. The SMILES string of the molecule is CCNC(C)(C#N)CCCSCc1cc(C)cc(C)c1. The minimum absolute atomic E-state index is 0.366. The van der Waals surface area contributed by atoms with Gasteiger partial charge >= 0.3 is 0 Å². The van der Waals surface area contributed by atoms with Gasteiger partial charge in [0, 0.05) is 5.75 Å². The lowest BCUT2D eigenvalue weighted by Gasteiger charge is -2.22. The number of nitrogens with one attached hydrogen (secondary N) is 1. The standard InChI is InChI=1S/C17H26N2S/c1-5-19-17(4,13-18)7-6-8-20-12-16-10-14(2)9-15(3)11-16/h9-11,19H,5-8,12H2,1-4H3. The number of thioether (sulfide) groups is 1. The molecule has 0 bridgehead atoms. The quantitative estimate of drug-likeness (QED) is 0.729. The van der Waals surface area contributed by atoms with Crippen molar-refractivity contribution in [1.29, 1.82) is 5.26 Å². The highest BCUT2D eigenvalue weighted by Crippen LogP contribution is 2.19. The first-order chi connectivity index (χ1) is 9.49. The van der Waals surface area contributed by atoms with Crippen LogP contribution in [0.2, 0.25) is 0 Å². The molecular weight excluding hydrogens is 264 g/mol. The summed E-state index contributed by atoms with van der Waals surface area (Å²) >= 11 is 1.96. The molecule has 0 radical (unpaired) electrons. The van der Waals surface area contributed by atoms with Crippen molar-refractivity contribution >= 4 is 11.8 Å². The van der Waals surface area contributed by atoms with E-state index >= 15 is 0 Å². The maximum Gasteiger partial charge on any atom is 0.103 e. The largest absolute Gasteiger partial charge is 0.300 e. The molecule has 0 saturated heterocycles. The van der Waals surface area contributed by atoms with Crippen LogP contribution in [0, 0.1) is 25.2 Å². The van der Waals surface area contributed by atoms with Crippen molar-refractivity contribution in [1.82, 2.24) is 5.32 Å². The Morgan fingerprint density at radius 3 is 2.45 bits per heavy atom. The zero-order valence-electron chi connectivity index (χ0n) is 13.1. The molecule has 20 heavy (non-hydrogen) atoms.